The van der Waals surface area contributed by atoms with E-state index in [1.807, 2.05) is 24.3 Å². The highest BCUT2D eigenvalue weighted by Crippen LogP contribution is 2.54. The molecule has 35 heavy (non-hydrogen) atoms. The molecule has 2 aromatic rings. The number of aliphatic hydroxyl groups is 1. The van der Waals surface area contributed by atoms with E-state index >= 15 is 0 Å². The Morgan fingerprint density at radius 2 is 2.03 bits per heavy atom. The summed E-state index contributed by atoms with van der Waals surface area (Å²) >= 11 is 6.20. The van der Waals surface area contributed by atoms with Crippen LogP contribution >= 0.6 is 11.6 Å². The predicted octanol–water partition coefficient (Wildman–Crippen LogP) is 6.42. The molecule has 7 heteroatoms. The standard InChI is InChI=1S/C26H28ClFN2O2.C2H5N/c1-26-12-11-23(29-22-9-7-21(28)8-10-22)14-18(26)5-6-19(26)15-24(30-25(32)16-31)17-3-2-4-20(27)13-17;1-2-3/h2-4,7-11,13-14,19,24,29,31H,5-6,12,15-16H2,1H3,(H,30,32);2-3H,1H3/t19-,24?,26+;/m1./s1. The van der Waals surface area contributed by atoms with E-state index < -0.39 is 6.61 Å². The van der Waals surface area contributed by atoms with Crippen LogP contribution in [0.25, 0.3) is 0 Å². The summed E-state index contributed by atoms with van der Waals surface area (Å²) in [5.41, 5.74) is 4.25. The van der Waals surface area contributed by atoms with Crippen LogP contribution in [0.15, 0.2) is 72.0 Å². The van der Waals surface area contributed by atoms with E-state index in [0.29, 0.717) is 10.9 Å². The molecule has 0 aromatic heterocycles. The number of aliphatic hydroxyl groups excluding tert-OH is 1. The molecule has 1 saturated carbocycles. The lowest BCUT2D eigenvalue weighted by Crippen LogP contribution is -2.34. The SMILES string of the molecule is CC=N.C[C@]12CC=C(Nc3ccc(F)cc3)C=C1CC[C@@H]2CC(NC(=O)CO)c1cccc(Cl)c1. The van der Waals surface area contributed by atoms with Gasteiger partial charge in [-0.3, -0.25) is 4.79 Å². The van der Waals surface area contributed by atoms with Gasteiger partial charge in [0.15, 0.2) is 0 Å². The van der Waals surface area contributed by atoms with Crippen LogP contribution in [0.3, 0.4) is 0 Å². The highest BCUT2D eigenvalue weighted by Gasteiger charge is 2.44. The minimum Gasteiger partial charge on any atom is -0.387 e. The number of fused-ring (bicyclic) bond motifs is 1. The molecule has 2 aromatic carbocycles. The Morgan fingerprint density at radius 1 is 1.31 bits per heavy atom. The van der Waals surface area contributed by atoms with Gasteiger partial charge in [-0.05, 0) is 98.2 Å². The second kappa shape index (κ2) is 12.1. The van der Waals surface area contributed by atoms with Crippen LogP contribution in [-0.2, 0) is 4.79 Å². The van der Waals surface area contributed by atoms with Crippen molar-refractivity contribution in [3.8, 4) is 0 Å². The van der Waals surface area contributed by atoms with Crippen molar-refractivity contribution < 1.29 is 14.3 Å². The summed E-state index contributed by atoms with van der Waals surface area (Å²) in [5.74, 6) is -0.260. The number of carbonyl (C=O) groups is 1. The maximum atomic E-state index is 13.2. The number of nitrogens with one attached hydrogen (secondary N) is 3. The molecule has 1 amide bonds. The van der Waals surface area contributed by atoms with E-state index in [1.165, 1.54) is 23.9 Å². The van der Waals surface area contributed by atoms with Crippen LogP contribution in [0.5, 0.6) is 0 Å². The zero-order valence-corrected chi connectivity index (χ0v) is 20.9. The lowest BCUT2D eigenvalue weighted by atomic mass is 9.69. The van der Waals surface area contributed by atoms with Gasteiger partial charge in [-0.25, -0.2) is 4.39 Å². The van der Waals surface area contributed by atoms with Crippen molar-refractivity contribution in [1.29, 1.82) is 5.41 Å². The van der Waals surface area contributed by atoms with Crippen molar-refractivity contribution in [2.45, 2.75) is 45.6 Å². The first kappa shape index (κ1) is 26.6. The normalized spacial score (nSPS) is 21.5. The van der Waals surface area contributed by atoms with Crippen LogP contribution in [0.1, 0.15) is 51.1 Å². The number of allylic oxidation sites excluding steroid dienone is 3. The molecule has 0 bridgehead atoms. The molecular formula is C28H33ClFN3O2. The van der Waals surface area contributed by atoms with Crippen molar-refractivity contribution >= 4 is 29.4 Å². The fourth-order valence-corrected chi connectivity index (χ4v) is 5.19. The third kappa shape index (κ3) is 6.80. The quantitative estimate of drug-likeness (QED) is 0.333. The molecule has 1 fully saturated rings. The average Bonchev–Trinajstić information content (AvgIpc) is 3.16. The van der Waals surface area contributed by atoms with Crippen molar-refractivity contribution in [3.63, 3.8) is 0 Å². The number of benzene rings is 2. The number of hydrogen-bond acceptors (Lipinski definition) is 4. The first-order valence-electron chi connectivity index (χ1n) is 11.8. The van der Waals surface area contributed by atoms with Crippen LogP contribution < -0.4 is 10.6 Å². The molecule has 0 saturated heterocycles. The second-order valence-corrected chi connectivity index (χ2v) is 9.61. The predicted molar refractivity (Wildman–Crippen MR) is 140 cm³/mol. The second-order valence-electron chi connectivity index (χ2n) is 9.18. The van der Waals surface area contributed by atoms with E-state index in [2.05, 4.69) is 29.7 Å². The van der Waals surface area contributed by atoms with Crippen LogP contribution in [0, 0.1) is 22.6 Å². The third-order valence-electron chi connectivity index (χ3n) is 6.86. The van der Waals surface area contributed by atoms with Gasteiger partial charge in [-0.15, -0.1) is 0 Å². The summed E-state index contributed by atoms with van der Waals surface area (Å²) in [7, 11) is 0. The highest BCUT2D eigenvalue weighted by atomic mass is 35.5. The van der Waals surface area contributed by atoms with E-state index in [0.717, 1.165) is 42.6 Å². The molecule has 0 heterocycles. The Bertz CT molecular complexity index is 1100. The summed E-state index contributed by atoms with van der Waals surface area (Å²) < 4.78 is 13.2. The zero-order chi connectivity index (χ0) is 25.4. The first-order valence-corrected chi connectivity index (χ1v) is 12.2. The van der Waals surface area contributed by atoms with Crippen molar-refractivity contribution in [3.05, 3.63) is 88.4 Å². The van der Waals surface area contributed by atoms with E-state index in [4.69, 9.17) is 17.0 Å². The molecule has 0 aliphatic heterocycles. The number of carbonyl (C=O) groups excluding carboxylic acids is 1. The third-order valence-corrected chi connectivity index (χ3v) is 7.09. The van der Waals surface area contributed by atoms with Crippen LogP contribution in [-0.4, -0.2) is 23.8 Å². The smallest absolute Gasteiger partial charge is 0.246 e. The Hall–Kier alpha value is -2.96. The number of halogens is 2. The zero-order valence-electron chi connectivity index (χ0n) is 20.2. The van der Waals surface area contributed by atoms with Crippen LogP contribution in [0.2, 0.25) is 5.02 Å². The van der Waals surface area contributed by atoms with Crippen molar-refractivity contribution in [2.24, 2.45) is 11.3 Å². The van der Waals surface area contributed by atoms with E-state index in [1.54, 1.807) is 19.1 Å². The van der Waals surface area contributed by atoms with Crippen LogP contribution in [0.4, 0.5) is 10.1 Å². The Labute approximate surface area is 211 Å². The van der Waals surface area contributed by atoms with Gasteiger partial charge in [0.25, 0.3) is 0 Å². The summed E-state index contributed by atoms with van der Waals surface area (Å²) in [4.78, 5) is 12.0. The molecule has 186 valence electrons. The molecule has 5 nitrogen and oxygen atoms in total. The topological polar surface area (TPSA) is 85.2 Å². The summed E-state index contributed by atoms with van der Waals surface area (Å²) in [5, 5.41) is 22.3. The average molecular weight is 498 g/mol. The fraction of sp³-hybridized carbons (Fsp3) is 0.357. The summed E-state index contributed by atoms with van der Waals surface area (Å²) in [6, 6.07) is 13.7. The number of hydrogen-bond donors (Lipinski definition) is 4. The maximum Gasteiger partial charge on any atom is 0.246 e. The first-order chi connectivity index (χ1) is 16.8. The highest BCUT2D eigenvalue weighted by molar-refractivity contribution is 6.30. The molecule has 2 aliphatic rings. The van der Waals surface area contributed by atoms with Crippen molar-refractivity contribution in [2.75, 3.05) is 11.9 Å². The molecular weight excluding hydrogens is 465 g/mol. The van der Waals surface area contributed by atoms with Gasteiger partial charge in [0.05, 0.1) is 6.04 Å². The fourth-order valence-electron chi connectivity index (χ4n) is 4.99. The minimum absolute atomic E-state index is 0.00867. The molecule has 0 spiro atoms. The Morgan fingerprint density at radius 3 is 2.69 bits per heavy atom. The summed E-state index contributed by atoms with van der Waals surface area (Å²) in [6.45, 7) is 3.43. The van der Waals surface area contributed by atoms with Gasteiger partial charge in [0.2, 0.25) is 5.91 Å². The molecule has 4 rings (SSSR count). The molecule has 2 aliphatic carbocycles. The molecule has 4 N–H and O–H groups in total. The lowest BCUT2D eigenvalue weighted by Gasteiger charge is -2.37. The van der Waals surface area contributed by atoms with Gasteiger partial charge >= 0.3 is 0 Å². The number of anilines is 1. The molecule has 0 radical (unpaired) electrons. The minimum atomic E-state index is -0.536. The maximum absolute atomic E-state index is 13.2. The van der Waals surface area contributed by atoms with Crippen molar-refractivity contribution in [1.82, 2.24) is 5.32 Å². The van der Waals surface area contributed by atoms with Gasteiger partial charge in [-0.2, -0.15) is 0 Å². The molecule has 3 atom stereocenters. The van der Waals surface area contributed by atoms with Gasteiger partial charge < -0.3 is 21.1 Å². The monoisotopic (exact) mass is 497 g/mol. The molecule has 1 unspecified atom stereocenters. The Kier molecular flexibility index (Phi) is 9.24. The Balaban J connectivity index is 0.00000108. The van der Waals surface area contributed by atoms with Gasteiger partial charge in [-0.1, -0.05) is 42.3 Å². The van der Waals surface area contributed by atoms with E-state index in [-0.39, 0.29) is 23.2 Å². The van der Waals surface area contributed by atoms with Gasteiger partial charge in [0, 0.05) is 16.4 Å². The summed E-state index contributed by atoms with van der Waals surface area (Å²) in [6.07, 6.45) is 9.36. The lowest BCUT2D eigenvalue weighted by molar-refractivity contribution is -0.124. The number of amides is 1. The van der Waals surface area contributed by atoms with E-state index in [9.17, 15) is 14.3 Å². The largest absolute Gasteiger partial charge is 0.387 e. The number of rotatable bonds is 7. The van der Waals surface area contributed by atoms with Gasteiger partial charge in [0.1, 0.15) is 12.4 Å².